The molecule has 9 heteroatoms. The molecule has 8 nitrogen and oxygen atoms in total. The summed E-state index contributed by atoms with van der Waals surface area (Å²) in [5.41, 5.74) is 2.90. The predicted octanol–water partition coefficient (Wildman–Crippen LogP) is 4.60. The Morgan fingerprint density at radius 2 is 1.71 bits per heavy atom. The smallest absolute Gasteiger partial charge is 0.264 e. The fraction of sp³-hybridized carbons (Fsp3) is 0.276. The third-order valence-electron chi connectivity index (χ3n) is 7.11. The van der Waals surface area contributed by atoms with E-state index in [2.05, 4.69) is 14.7 Å². The molecule has 1 aliphatic heterocycles. The number of fused-ring (bicyclic) bond motifs is 1. The number of aromatic nitrogens is 2. The summed E-state index contributed by atoms with van der Waals surface area (Å²) in [6, 6.07) is 21.1. The fourth-order valence-corrected chi connectivity index (χ4v) is 6.20. The first-order valence-corrected chi connectivity index (χ1v) is 14.0. The summed E-state index contributed by atoms with van der Waals surface area (Å²) >= 11 is 0. The van der Waals surface area contributed by atoms with Crippen LogP contribution in [0.2, 0.25) is 0 Å². The number of nitrogens with zero attached hydrogens (tertiary/aromatic N) is 3. The Hall–Kier alpha value is -3.82. The van der Waals surface area contributed by atoms with Crippen molar-refractivity contribution in [2.75, 3.05) is 24.9 Å². The van der Waals surface area contributed by atoms with E-state index in [1.807, 2.05) is 42.2 Å². The first kappa shape index (κ1) is 25.8. The molecular formula is C29H30N4O4S. The Morgan fingerprint density at radius 1 is 1.00 bits per heavy atom. The zero-order chi connectivity index (χ0) is 26.8. The summed E-state index contributed by atoms with van der Waals surface area (Å²) < 4.78 is 34.7. The molecule has 4 aromatic rings. The lowest BCUT2D eigenvalue weighted by Crippen LogP contribution is -2.49. The molecule has 1 amide bonds. The van der Waals surface area contributed by atoms with Crippen LogP contribution >= 0.6 is 0 Å². The molecule has 0 atom stereocenters. The number of hydrogen-bond acceptors (Lipinski definition) is 6. The zero-order valence-corrected chi connectivity index (χ0v) is 22.2. The summed E-state index contributed by atoms with van der Waals surface area (Å²) in [7, 11) is -2.14. The highest BCUT2D eigenvalue weighted by Crippen LogP contribution is 2.30. The van der Waals surface area contributed by atoms with Crippen molar-refractivity contribution in [2.45, 2.75) is 36.7 Å². The summed E-state index contributed by atoms with van der Waals surface area (Å²) in [5.74, 6) is -0.0870. The number of anilines is 1. The molecule has 1 saturated heterocycles. The molecule has 0 saturated carbocycles. The van der Waals surface area contributed by atoms with Gasteiger partial charge in [0.25, 0.3) is 15.9 Å². The minimum absolute atomic E-state index is 0.0870. The van der Waals surface area contributed by atoms with Crippen molar-refractivity contribution in [3.05, 3.63) is 95.9 Å². The predicted molar refractivity (Wildman–Crippen MR) is 147 cm³/mol. The second-order valence-corrected chi connectivity index (χ2v) is 11.3. The average molecular weight is 531 g/mol. The van der Waals surface area contributed by atoms with Crippen molar-refractivity contribution >= 4 is 32.5 Å². The lowest BCUT2D eigenvalue weighted by molar-refractivity contribution is -0.0522. The molecule has 0 spiro atoms. The molecule has 0 radical (unpaired) electrons. The van der Waals surface area contributed by atoms with Crippen LogP contribution in [0.3, 0.4) is 0 Å². The van der Waals surface area contributed by atoms with E-state index in [4.69, 9.17) is 4.74 Å². The molecule has 2 aromatic carbocycles. The van der Waals surface area contributed by atoms with Crippen molar-refractivity contribution < 1.29 is 17.9 Å². The number of rotatable bonds is 7. The fourth-order valence-electron chi connectivity index (χ4n) is 4.97. The first-order valence-electron chi connectivity index (χ1n) is 12.5. The van der Waals surface area contributed by atoms with Gasteiger partial charge in [-0.25, -0.2) is 8.42 Å². The number of methoxy groups -OCH3 is 1. The average Bonchev–Trinajstić information content (AvgIpc) is 2.93. The molecular weight excluding hydrogens is 500 g/mol. The van der Waals surface area contributed by atoms with Crippen LogP contribution in [0.5, 0.6) is 0 Å². The number of piperidine rings is 1. The Labute approximate surface area is 222 Å². The molecule has 1 N–H and O–H groups in total. The molecule has 0 bridgehead atoms. The number of likely N-dealkylation sites (tertiary alicyclic amines) is 1. The second kappa shape index (κ2) is 10.5. The monoisotopic (exact) mass is 530 g/mol. The third-order valence-corrected chi connectivity index (χ3v) is 8.53. The van der Waals surface area contributed by atoms with Gasteiger partial charge in [0.1, 0.15) is 4.90 Å². The summed E-state index contributed by atoms with van der Waals surface area (Å²) in [5, 5.41) is 0.741. The maximum Gasteiger partial charge on any atom is 0.264 e. The van der Waals surface area contributed by atoms with Gasteiger partial charge in [0.15, 0.2) is 0 Å². The van der Waals surface area contributed by atoms with Gasteiger partial charge in [-0.2, -0.15) is 0 Å². The number of carbonyl (C=O) groups excluding carboxylic acids is 1. The Balaban J connectivity index is 1.24. The molecule has 3 heterocycles. The minimum Gasteiger partial charge on any atom is -0.378 e. The van der Waals surface area contributed by atoms with E-state index in [1.165, 1.54) is 6.07 Å². The van der Waals surface area contributed by atoms with E-state index < -0.39 is 10.0 Å². The number of amides is 1. The minimum atomic E-state index is -3.86. The van der Waals surface area contributed by atoms with Gasteiger partial charge >= 0.3 is 0 Å². The van der Waals surface area contributed by atoms with E-state index >= 15 is 0 Å². The largest absolute Gasteiger partial charge is 0.378 e. The van der Waals surface area contributed by atoms with Gasteiger partial charge in [-0.15, -0.1) is 0 Å². The van der Waals surface area contributed by atoms with Crippen molar-refractivity contribution in [1.29, 1.82) is 0 Å². The third kappa shape index (κ3) is 5.39. The summed E-state index contributed by atoms with van der Waals surface area (Å²) in [6.45, 7) is 3.11. The number of para-hydroxylation sites is 1. The van der Waals surface area contributed by atoms with Crippen LogP contribution in [-0.4, -0.2) is 55.0 Å². The highest BCUT2D eigenvalue weighted by atomic mass is 32.2. The first-order chi connectivity index (χ1) is 18.3. The molecule has 0 unspecified atom stereocenters. The Morgan fingerprint density at radius 3 is 2.42 bits per heavy atom. The van der Waals surface area contributed by atoms with E-state index in [1.54, 1.807) is 49.7 Å². The number of benzene rings is 2. The maximum absolute atomic E-state index is 13.2. The maximum atomic E-state index is 13.2. The molecule has 38 heavy (non-hydrogen) atoms. The van der Waals surface area contributed by atoms with Gasteiger partial charge in [0.05, 0.1) is 11.1 Å². The van der Waals surface area contributed by atoms with Crippen LogP contribution in [0, 0.1) is 6.92 Å². The Kier molecular flexibility index (Phi) is 7.14. The normalized spacial score (nSPS) is 15.4. The van der Waals surface area contributed by atoms with Crippen LogP contribution in [0.15, 0.2) is 83.9 Å². The number of sulfonamides is 1. The SMILES string of the molecule is COC1(Cc2cccc(C)n2)CCN(C(=O)c2ccc(NS(=O)(=O)c3cccc4cccnc34)cc2)CC1. The van der Waals surface area contributed by atoms with Crippen molar-refractivity contribution in [3.8, 4) is 0 Å². The Bertz CT molecular complexity index is 1560. The highest BCUT2D eigenvalue weighted by molar-refractivity contribution is 7.93. The number of hydrogen-bond donors (Lipinski definition) is 1. The molecule has 2 aromatic heterocycles. The second-order valence-electron chi connectivity index (χ2n) is 9.64. The number of ether oxygens (including phenoxy) is 1. The van der Waals surface area contributed by atoms with Crippen molar-refractivity contribution in [1.82, 2.24) is 14.9 Å². The lowest BCUT2D eigenvalue weighted by Gasteiger charge is -2.41. The number of carbonyl (C=O) groups is 1. The van der Waals surface area contributed by atoms with Crippen LogP contribution in [0.1, 0.15) is 34.6 Å². The van der Waals surface area contributed by atoms with Crippen LogP contribution in [0.4, 0.5) is 5.69 Å². The summed E-state index contributed by atoms with van der Waals surface area (Å²) in [4.78, 5) is 24.0. The standard InChI is InChI=1S/C29H30N4O4S/c1-21-6-3-9-25(31-21)20-29(37-2)15-18-33(19-16-29)28(34)23-11-13-24(14-12-23)32-38(35,36)26-10-4-7-22-8-5-17-30-27(22)26/h3-14,17,32H,15-16,18-20H2,1-2H3. The van der Waals surface area contributed by atoms with Gasteiger partial charge < -0.3 is 9.64 Å². The van der Waals surface area contributed by atoms with Crippen molar-refractivity contribution in [2.24, 2.45) is 0 Å². The molecule has 5 rings (SSSR count). The van der Waals surface area contributed by atoms with Crippen LogP contribution in [-0.2, 0) is 21.2 Å². The van der Waals surface area contributed by atoms with Gasteiger partial charge in [0.2, 0.25) is 0 Å². The van der Waals surface area contributed by atoms with Gasteiger partial charge in [-0.1, -0.05) is 24.3 Å². The van der Waals surface area contributed by atoms with Crippen LogP contribution in [0.25, 0.3) is 10.9 Å². The van der Waals surface area contributed by atoms with Crippen LogP contribution < -0.4 is 4.72 Å². The van der Waals surface area contributed by atoms with E-state index in [9.17, 15) is 13.2 Å². The molecule has 1 fully saturated rings. The number of pyridine rings is 2. The quantitative estimate of drug-likeness (QED) is 0.375. The number of nitrogens with one attached hydrogen (secondary N) is 1. The van der Waals surface area contributed by atoms with Crippen molar-refractivity contribution in [3.63, 3.8) is 0 Å². The highest BCUT2D eigenvalue weighted by Gasteiger charge is 2.36. The molecule has 1 aliphatic rings. The van der Waals surface area contributed by atoms with Gasteiger partial charge in [-0.05, 0) is 68.3 Å². The molecule has 0 aliphatic carbocycles. The lowest BCUT2D eigenvalue weighted by atomic mass is 9.86. The number of aryl methyl sites for hydroxylation is 1. The summed E-state index contributed by atoms with van der Waals surface area (Å²) in [6.07, 6.45) is 3.69. The zero-order valence-electron chi connectivity index (χ0n) is 21.4. The molecule has 196 valence electrons. The van der Waals surface area contributed by atoms with E-state index in [0.717, 1.165) is 16.8 Å². The van der Waals surface area contributed by atoms with Gasteiger partial charge in [-0.3, -0.25) is 19.5 Å². The van der Waals surface area contributed by atoms with E-state index in [0.29, 0.717) is 49.1 Å². The van der Waals surface area contributed by atoms with Gasteiger partial charge in [0, 0.05) is 60.8 Å². The van der Waals surface area contributed by atoms with E-state index in [-0.39, 0.29) is 16.4 Å². The topological polar surface area (TPSA) is 101 Å².